The Morgan fingerprint density at radius 1 is 0.929 bits per heavy atom. The summed E-state index contributed by atoms with van der Waals surface area (Å²) in [5, 5.41) is 0. The molecule has 0 spiro atoms. The van der Waals surface area contributed by atoms with Crippen LogP contribution in [-0.2, 0) is 6.18 Å². The highest BCUT2D eigenvalue weighted by Gasteiger charge is 2.33. The molecule has 0 bridgehead atoms. The van der Waals surface area contributed by atoms with Crippen molar-refractivity contribution in [2.75, 3.05) is 0 Å². The molecule has 0 amide bonds. The van der Waals surface area contributed by atoms with Gasteiger partial charge >= 0.3 is 6.18 Å². The van der Waals surface area contributed by atoms with E-state index in [-0.39, 0.29) is 23.4 Å². The third-order valence-electron chi connectivity index (χ3n) is 3.26. The van der Waals surface area contributed by atoms with Crippen LogP contribution in [0.4, 0.5) is 32.0 Å². The van der Waals surface area contributed by atoms with Crippen molar-refractivity contribution in [3.8, 4) is 11.5 Å². The molecule has 0 aliphatic rings. The summed E-state index contributed by atoms with van der Waals surface area (Å²) >= 11 is 0. The average molecular weight is 405 g/mol. The maximum atomic E-state index is 14.0. The number of benzene rings is 2. The maximum Gasteiger partial charge on any atom is 0.416 e. The van der Waals surface area contributed by atoms with Crippen molar-refractivity contribution in [3.63, 3.8) is 0 Å². The number of halogens is 6. The smallest absolute Gasteiger partial charge is 0.416 e. The number of guanidine groups is 2. The summed E-state index contributed by atoms with van der Waals surface area (Å²) < 4.78 is 84.8. The lowest BCUT2D eigenvalue weighted by molar-refractivity contribution is -0.138. The highest BCUT2D eigenvalue weighted by molar-refractivity contribution is 5.93. The molecular weight excluding hydrogens is 392 g/mol. The fourth-order valence-electron chi connectivity index (χ4n) is 2.05. The Labute approximate surface area is 154 Å². The number of nitrogens with zero attached hydrogens (tertiary/aromatic N) is 2. The molecule has 6 nitrogen and oxygen atoms in total. The minimum absolute atomic E-state index is 0.0765. The van der Waals surface area contributed by atoms with Gasteiger partial charge in [-0.3, -0.25) is 0 Å². The van der Waals surface area contributed by atoms with Crippen LogP contribution in [0.2, 0.25) is 0 Å². The molecule has 0 saturated heterocycles. The summed E-state index contributed by atoms with van der Waals surface area (Å²) in [5.74, 6) is -6.42. The van der Waals surface area contributed by atoms with Gasteiger partial charge in [0, 0.05) is 6.07 Å². The van der Waals surface area contributed by atoms with Crippen molar-refractivity contribution < 1.29 is 31.1 Å². The molecular formula is C16H13F6N5O. The minimum Gasteiger partial charge on any atom is -0.451 e. The van der Waals surface area contributed by atoms with Crippen LogP contribution in [-0.4, -0.2) is 11.9 Å². The van der Waals surface area contributed by atoms with Crippen molar-refractivity contribution >= 4 is 17.6 Å². The van der Waals surface area contributed by atoms with Gasteiger partial charge in [0.05, 0.1) is 5.56 Å². The number of ether oxygens (including phenoxy) is 1. The van der Waals surface area contributed by atoms with E-state index in [0.717, 1.165) is 12.1 Å². The van der Waals surface area contributed by atoms with Gasteiger partial charge in [0.2, 0.25) is 5.96 Å². The number of hydrogen-bond donors (Lipinski definition) is 3. The Balaban J connectivity index is 2.48. The molecule has 0 aliphatic carbocycles. The van der Waals surface area contributed by atoms with Crippen LogP contribution in [0.25, 0.3) is 0 Å². The summed E-state index contributed by atoms with van der Waals surface area (Å²) in [4.78, 5) is 6.97. The second-order valence-corrected chi connectivity index (χ2v) is 5.44. The van der Waals surface area contributed by atoms with Crippen LogP contribution in [0, 0.1) is 24.4 Å². The second-order valence-electron chi connectivity index (χ2n) is 5.44. The van der Waals surface area contributed by atoms with E-state index < -0.39 is 52.5 Å². The Bertz CT molecular complexity index is 944. The van der Waals surface area contributed by atoms with Gasteiger partial charge in [0.1, 0.15) is 17.3 Å². The van der Waals surface area contributed by atoms with Gasteiger partial charge in [-0.05, 0) is 30.7 Å². The monoisotopic (exact) mass is 405 g/mol. The van der Waals surface area contributed by atoms with Gasteiger partial charge in [-0.1, -0.05) is 0 Å². The fourth-order valence-corrected chi connectivity index (χ4v) is 2.05. The molecule has 28 heavy (non-hydrogen) atoms. The number of aryl methyl sites for hydroxylation is 1. The third-order valence-corrected chi connectivity index (χ3v) is 3.26. The van der Waals surface area contributed by atoms with Crippen molar-refractivity contribution in [1.29, 1.82) is 0 Å². The van der Waals surface area contributed by atoms with E-state index in [4.69, 9.17) is 21.9 Å². The summed E-state index contributed by atoms with van der Waals surface area (Å²) in [6.07, 6.45) is -4.95. The summed E-state index contributed by atoms with van der Waals surface area (Å²) in [5.41, 5.74) is 13.7. The number of hydrogen-bond acceptors (Lipinski definition) is 2. The summed E-state index contributed by atoms with van der Waals surface area (Å²) in [6.45, 7) is 1.34. The van der Waals surface area contributed by atoms with Gasteiger partial charge < -0.3 is 21.9 Å². The Kier molecular flexibility index (Phi) is 5.71. The van der Waals surface area contributed by atoms with E-state index in [0.29, 0.717) is 0 Å². The van der Waals surface area contributed by atoms with Crippen LogP contribution >= 0.6 is 0 Å². The predicted molar refractivity (Wildman–Crippen MR) is 89.7 cm³/mol. The van der Waals surface area contributed by atoms with Gasteiger partial charge in [0.25, 0.3) is 0 Å². The van der Waals surface area contributed by atoms with Crippen molar-refractivity contribution in [2.24, 2.45) is 27.2 Å². The molecule has 0 heterocycles. The molecule has 0 saturated carbocycles. The van der Waals surface area contributed by atoms with Crippen LogP contribution in [0.3, 0.4) is 0 Å². The second kappa shape index (κ2) is 7.66. The zero-order chi connectivity index (χ0) is 21.2. The first-order valence-corrected chi connectivity index (χ1v) is 7.36. The highest BCUT2D eigenvalue weighted by Crippen LogP contribution is 2.37. The van der Waals surface area contributed by atoms with Crippen molar-refractivity contribution in [3.05, 3.63) is 52.8 Å². The summed E-state index contributed by atoms with van der Waals surface area (Å²) in [7, 11) is 0. The van der Waals surface area contributed by atoms with Crippen LogP contribution in [0.15, 0.2) is 34.3 Å². The molecule has 0 fully saturated rings. The molecule has 2 aromatic rings. The highest BCUT2D eigenvalue weighted by atomic mass is 19.4. The van der Waals surface area contributed by atoms with Gasteiger partial charge in [-0.15, -0.1) is 0 Å². The van der Waals surface area contributed by atoms with Gasteiger partial charge in [0.15, 0.2) is 23.3 Å². The van der Waals surface area contributed by atoms with Gasteiger partial charge in [-0.25, -0.2) is 18.2 Å². The molecule has 0 aliphatic heterocycles. The summed E-state index contributed by atoms with van der Waals surface area (Å²) in [6, 6.07) is 1.99. The molecule has 0 atom stereocenters. The number of aliphatic imine (C=N–C) groups is 2. The Morgan fingerprint density at radius 3 is 2.00 bits per heavy atom. The average Bonchev–Trinajstić information content (AvgIpc) is 2.52. The van der Waals surface area contributed by atoms with Crippen LogP contribution < -0.4 is 21.9 Å². The predicted octanol–water partition coefficient (Wildman–Crippen LogP) is 3.44. The fraction of sp³-hybridized carbons (Fsp3) is 0.125. The Morgan fingerprint density at radius 2 is 1.50 bits per heavy atom. The molecule has 0 unspecified atom stereocenters. The Hall–Kier alpha value is -3.44. The first-order valence-electron chi connectivity index (χ1n) is 7.36. The number of rotatable bonds is 3. The van der Waals surface area contributed by atoms with E-state index in [9.17, 15) is 26.3 Å². The van der Waals surface area contributed by atoms with Crippen LogP contribution in [0.5, 0.6) is 11.5 Å². The van der Waals surface area contributed by atoms with E-state index in [1.165, 1.54) is 6.92 Å². The SMILES string of the molecule is Cc1cc(F)c(N=C(N)N=C(N)N)cc1Oc1c(F)cc(C(F)(F)F)cc1F. The maximum absolute atomic E-state index is 14.0. The van der Waals surface area contributed by atoms with Crippen molar-refractivity contribution in [2.45, 2.75) is 13.1 Å². The van der Waals surface area contributed by atoms with Crippen LogP contribution in [0.1, 0.15) is 11.1 Å². The van der Waals surface area contributed by atoms with E-state index >= 15 is 0 Å². The first-order chi connectivity index (χ1) is 12.9. The molecule has 2 rings (SSSR count). The van der Waals surface area contributed by atoms with E-state index in [1.807, 2.05) is 0 Å². The molecule has 2 aromatic carbocycles. The number of alkyl halides is 3. The first kappa shape index (κ1) is 20.9. The van der Waals surface area contributed by atoms with Gasteiger partial charge in [-0.2, -0.15) is 18.2 Å². The van der Waals surface area contributed by atoms with Crippen molar-refractivity contribution in [1.82, 2.24) is 0 Å². The standard InChI is InChI=1S/C16H13F6N5O/c1-6-2-8(17)11(26-15(25)27-14(23)24)5-12(6)28-13-9(18)3-7(4-10(13)19)16(20,21)22/h2-5H,1H3,(H6,23,24,25,26,27). The molecule has 0 aromatic heterocycles. The minimum atomic E-state index is -4.95. The van der Waals surface area contributed by atoms with E-state index in [2.05, 4.69) is 9.98 Å². The lowest BCUT2D eigenvalue weighted by Gasteiger charge is -2.13. The quantitative estimate of drug-likeness (QED) is 0.413. The molecule has 150 valence electrons. The number of nitrogens with two attached hydrogens (primary N) is 3. The largest absolute Gasteiger partial charge is 0.451 e. The zero-order valence-electron chi connectivity index (χ0n) is 14.1. The molecule has 12 heteroatoms. The lowest BCUT2D eigenvalue weighted by Crippen LogP contribution is -2.26. The normalized spacial score (nSPS) is 12.0. The molecule has 0 radical (unpaired) electrons. The topological polar surface area (TPSA) is 112 Å². The third kappa shape index (κ3) is 4.84. The zero-order valence-corrected chi connectivity index (χ0v) is 14.1. The van der Waals surface area contributed by atoms with E-state index in [1.54, 1.807) is 0 Å². The lowest BCUT2D eigenvalue weighted by atomic mass is 10.1. The molecule has 6 N–H and O–H groups in total.